The van der Waals surface area contributed by atoms with Gasteiger partial charge in [-0.1, -0.05) is 31.9 Å². The average Bonchev–Trinajstić information content (AvgIpc) is 2.01. The van der Waals surface area contributed by atoms with Gasteiger partial charge in [0.25, 0.3) is 0 Å². The van der Waals surface area contributed by atoms with Crippen LogP contribution in [0.25, 0.3) is 0 Å². The molecule has 0 saturated carbocycles. The van der Waals surface area contributed by atoms with Gasteiger partial charge >= 0.3 is 11.9 Å². The Labute approximate surface area is 106 Å². The number of esters is 2. The summed E-state index contributed by atoms with van der Waals surface area (Å²) in [5.41, 5.74) is 0. The van der Waals surface area contributed by atoms with Crippen LogP contribution < -0.4 is 0 Å². The van der Waals surface area contributed by atoms with Crippen LogP contribution in [-0.4, -0.2) is 28.4 Å². The minimum Gasteiger partial charge on any atom is -0.466 e. The topological polar surface area (TPSA) is 52.6 Å². The van der Waals surface area contributed by atoms with Crippen molar-refractivity contribution < 1.29 is 19.1 Å². The Morgan fingerprint density at radius 3 is 1.60 bits per heavy atom. The van der Waals surface area contributed by atoms with Crippen molar-refractivity contribution in [2.75, 3.05) is 13.2 Å². The third-order valence-electron chi connectivity index (χ3n) is 1.42. The SMILES string of the molecule is CCOC(=O)CC(Br)(Br)CC(=O)OCC. The fourth-order valence-electron chi connectivity index (χ4n) is 0.909. The Morgan fingerprint density at radius 2 is 1.33 bits per heavy atom. The highest BCUT2D eigenvalue weighted by Gasteiger charge is 2.30. The molecule has 0 fully saturated rings. The molecule has 0 bridgehead atoms. The monoisotopic (exact) mass is 344 g/mol. The second-order valence-electron chi connectivity index (χ2n) is 2.82. The minimum absolute atomic E-state index is 0.0691. The van der Waals surface area contributed by atoms with E-state index < -0.39 is 3.23 Å². The van der Waals surface area contributed by atoms with E-state index in [9.17, 15) is 9.59 Å². The van der Waals surface area contributed by atoms with Crippen molar-refractivity contribution in [3.63, 3.8) is 0 Å². The van der Waals surface area contributed by atoms with Gasteiger partial charge in [0.2, 0.25) is 0 Å². The lowest BCUT2D eigenvalue weighted by Crippen LogP contribution is -2.23. The van der Waals surface area contributed by atoms with Crippen molar-refractivity contribution in [3.05, 3.63) is 0 Å². The molecule has 0 amide bonds. The largest absolute Gasteiger partial charge is 0.466 e. The maximum absolute atomic E-state index is 11.2. The highest BCUT2D eigenvalue weighted by atomic mass is 79.9. The zero-order chi connectivity index (χ0) is 11.9. The van der Waals surface area contributed by atoms with Gasteiger partial charge in [-0.15, -0.1) is 0 Å². The van der Waals surface area contributed by atoms with E-state index in [1.54, 1.807) is 13.8 Å². The molecule has 0 aliphatic carbocycles. The molecule has 0 aromatic rings. The van der Waals surface area contributed by atoms with E-state index in [1.807, 2.05) is 0 Å². The Bertz CT molecular complexity index is 206. The molecule has 0 aliphatic rings. The van der Waals surface area contributed by atoms with Crippen LogP contribution in [0.4, 0.5) is 0 Å². The zero-order valence-electron chi connectivity index (χ0n) is 8.72. The molecule has 0 saturated heterocycles. The van der Waals surface area contributed by atoms with Crippen LogP contribution in [0.2, 0.25) is 0 Å². The smallest absolute Gasteiger partial charge is 0.308 e. The van der Waals surface area contributed by atoms with Gasteiger partial charge in [0, 0.05) is 0 Å². The van der Waals surface area contributed by atoms with E-state index in [2.05, 4.69) is 31.9 Å². The van der Waals surface area contributed by atoms with Crippen molar-refractivity contribution in [3.8, 4) is 0 Å². The van der Waals surface area contributed by atoms with E-state index in [-0.39, 0.29) is 24.8 Å². The molecule has 0 atom stereocenters. The van der Waals surface area contributed by atoms with Crippen LogP contribution in [0, 0.1) is 0 Å². The minimum atomic E-state index is -0.779. The zero-order valence-corrected chi connectivity index (χ0v) is 11.9. The highest BCUT2D eigenvalue weighted by molar-refractivity contribution is 9.25. The van der Waals surface area contributed by atoms with Gasteiger partial charge < -0.3 is 9.47 Å². The van der Waals surface area contributed by atoms with Crippen molar-refractivity contribution in [1.29, 1.82) is 0 Å². The maximum Gasteiger partial charge on any atom is 0.308 e. The summed E-state index contributed by atoms with van der Waals surface area (Å²) in [6.45, 7) is 4.11. The third kappa shape index (κ3) is 7.79. The number of carbonyl (C=O) groups is 2. The van der Waals surface area contributed by atoms with E-state index in [1.165, 1.54) is 0 Å². The van der Waals surface area contributed by atoms with Crippen LogP contribution >= 0.6 is 31.9 Å². The maximum atomic E-state index is 11.2. The quantitative estimate of drug-likeness (QED) is 0.548. The number of rotatable bonds is 6. The summed E-state index contributed by atoms with van der Waals surface area (Å²) in [6.07, 6.45) is 0.138. The Hall–Kier alpha value is -0.100. The number of halogens is 2. The van der Waals surface area contributed by atoms with E-state index >= 15 is 0 Å². The van der Waals surface area contributed by atoms with Gasteiger partial charge in [-0.05, 0) is 13.8 Å². The Balaban J connectivity index is 4.05. The van der Waals surface area contributed by atoms with Crippen molar-refractivity contribution in [1.82, 2.24) is 0 Å². The van der Waals surface area contributed by atoms with Crippen LogP contribution in [0.15, 0.2) is 0 Å². The Morgan fingerprint density at radius 1 is 1.00 bits per heavy atom. The molecular formula is C9H14Br2O4. The van der Waals surface area contributed by atoms with Crippen LogP contribution in [0.3, 0.4) is 0 Å². The predicted molar refractivity (Wildman–Crippen MR) is 63.1 cm³/mol. The fourth-order valence-corrected chi connectivity index (χ4v) is 1.82. The molecule has 0 radical (unpaired) electrons. The first-order valence-electron chi connectivity index (χ1n) is 4.60. The number of hydrogen-bond donors (Lipinski definition) is 0. The van der Waals surface area contributed by atoms with Crippen molar-refractivity contribution in [2.45, 2.75) is 29.9 Å². The molecule has 0 N–H and O–H groups in total. The summed E-state index contributed by atoms with van der Waals surface area (Å²) in [7, 11) is 0. The molecule has 0 heterocycles. The second-order valence-corrected chi connectivity index (χ2v) is 6.92. The Kier molecular flexibility index (Phi) is 7.17. The van der Waals surface area contributed by atoms with Gasteiger partial charge in [-0.3, -0.25) is 9.59 Å². The van der Waals surface area contributed by atoms with E-state index in [0.717, 1.165) is 0 Å². The lowest BCUT2D eigenvalue weighted by molar-refractivity contribution is -0.144. The first-order valence-corrected chi connectivity index (χ1v) is 6.19. The fraction of sp³-hybridized carbons (Fsp3) is 0.778. The van der Waals surface area contributed by atoms with Gasteiger partial charge in [0.15, 0.2) is 0 Å². The summed E-state index contributed by atoms with van der Waals surface area (Å²) >= 11 is 6.48. The summed E-state index contributed by atoms with van der Waals surface area (Å²) in [6, 6.07) is 0. The standard InChI is InChI=1S/C9H14Br2O4/c1-3-14-7(12)5-9(10,11)6-8(13)15-4-2/h3-6H2,1-2H3. The number of carbonyl (C=O) groups excluding carboxylic acids is 2. The number of hydrogen-bond acceptors (Lipinski definition) is 4. The van der Waals surface area contributed by atoms with Crippen LogP contribution in [0.1, 0.15) is 26.7 Å². The molecule has 0 rings (SSSR count). The molecule has 6 heteroatoms. The first kappa shape index (κ1) is 14.9. The first-order chi connectivity index (χ1) is 6.91. The molecule has 88 valence electrons. The van der Waals surface area contributed by atoms with Crippen LogP contribution in [0.5, 0.6) is 0 Å². The molecular weight excluding hydrogens is 332 g/mol. The summed E-state index contributed by atoms with van der Waals surface area (Å²) < 4.78 is 8.76. The average molecular weight is 346 g/mol. The normalized spacial score (nSPS) is 10.9. The second kappa shape index (κ2) is 7.22. The van der Waals surface area contributed by atoms with Gasteiger partial charge in [0.1, 0.15) is 3.23 Å². The number of ether oxygens (including phenoxy) is 2. The van der Waals surface area contributed by atoms with Gasteiger partial charge in [-0.25, -0.2) is 0 Å². The summed E-state index contributed by atoms with van der Waals surface area (Å²) in [4.78, 5) is 22.3. The molecule has 0 aromatic heterocycles. The van der Waals surface area contributed by atoms with Gasteiger partial charge in [0.05, 0.1) is 26.1 Å². The summed E-state index contributed by atoms with van der Waals surface area (Å²) in [5, 5.41) is 0. The molecule has 4 nitrogen and oxygen atoms in total. The third-order valence-corrected chi connectivity index (χ3v) is 2.54. The van der Waals surface area contributed by atoms with E-state index in [4.69, 9.17) is 9.47 Å². The lowest BCUT2D eigenvalue weighted by Gasteiger charge is -2.17. The van der Waals surface area contributed by atoms with Crippen molar-refractivity contribution >= 4 is 43.8 Å². The summed E-state index contributed by atoms with van der Waals surface area (Å²) in [5.74, 6) is -0.730. The van der Waals surface area contributed by atoms with Gasteiger partial charge in [-0.2, -0.15) is 0 Å². The number of alkyl halides is 2. The molecule has 0 aliphatic heterocycles. The molecule has 0 aromatic carbocycles. The van der Waals surface area contributed by atoms with Crippen molar-refractivity contribution in [2.24, 2.45) is 0 Å². The molecule has 0 spiro atoms. The molecule has 15 heavy (non-hydrogen) atoms. The van der Waals surface area contributed by atoms with Crippen LogP contribution in [-0.2, 0) is 19.1 Å². The highest BCUT2D eigenvalue weighted by Crippen LogP contribution is 2.34. The van der Waals surface area contributed by atoms with E-state index in [0.29, 0.717) is 13.2 Å². The lowest BCUT2D eigenvalue weighted by atomic mass is 10.2. The molecule has 0 unspecified atom stereocenters. The predicted octanol–water partition coefficient (Wildman–Crippen LogP) is 2.38.